The molecule has 1 atom stereocenters. The van der Waals surface area contributed by atoms with Crippen molar-refractivity contribution in [1.82, 2.24) is 19.2 Å². The second kappa shape index (κ2) is 9.72. The molecule has 3 heterocycles. The van der Waals surface area contributed by atoms with E-state index in [2.05, 4.69) is 14.7 Å². The molecule has 0 bridgehead atoms. The van der Waals surface area contributed by atoms with Gasteiger partial charge in [-0.05, 0) is 66.4 Å². The summed E-state index contributed by atoms with van der Waals surface area (Å²) in [5, 5.41) is 14.1. The van der Waals surface area contributed by atoms with Crippen LogP contribution in [0.4, 0.5) is 10.1 Å². The van der Waals surface area contributed by atoms with Gasteiger partial charge in [0, 0.05) is 32.2 Å². The molecular weight excluding hydrogens is 501 g/mol. The van der Waals surface area contributed by atoms with E-state index in [4.69, 9.17) is 17.0 Å². The fourth-order valence-electron chi connectivity index (χ4n) is 4.72. The average molecular weight is 528 g/mol. The van der Waals surface area contributed by atoms with Gasteiger partial charge in [-0.2, -0.15) is 4.37 Å². The number of ether oxygens (including phenoxy) is 1. The monoisotopic (exact) mass is 527 g/mol. The van der Waals surface area contributed by atoms with Crippen LogP contribution in [0.15, 0.2) is 42.7 Å². The maximum atomic E-state index is 14.6. The van der Waals surface area contributed by atoms with Gasteiger partial charge in [-0.25, -0.2) is 9.37 Å². The molecule has 2 N–H and O–H groups in total. The lowest BCUT2D eigenvalue weighted by atomic mass is 9.80. The van der Waals surface area contributed by atoms with Crippen molar-refractivity contribution in [2.75, 3.05) is 38.6 Å². The number of benzene rings is 2. The molecule has 0 saturated carbocycles. The van der Waals surface area contributed by atoms with Gasteiger partial charge in [0.15, 0.2) is 5.11 Å². The van der Waals surface area contributed by atoms with Crippen LogP contribution in [-0.2, 0) is 5.41 Å². The van der Waals surface area contributed by atoms with Crippen molar-refractivity contribution < 1.29 is 19.0 Å². The number of anilines is 1. The number of nitrogens with one attached hydrogen (secondary N) is 1. The molecule has 2 saturated heterocycles. The Labute approximate surface area is 217 Å². The van der Waals surface area contributed by atoms with Gasteiger partial charge in [-0.1, -0.05) is 12.1 Å². The minimum absolute atomic E-state index is 0.187. The highest BCUT2D eigenvalue weighted by Crippen LogP contribution is 2.42. The zero-order valence-corrected chi connectivity index (χ0v) is 21.5. The number of carbonyl (C=O) groups excluding carboxylic acids is 1. The third-order valence-corrected chi connectivity index (χ3v) is 8.13. The van der Waals surface area contributed by atoms with Crippen LogP contribution < -0.4 is 10.1 Å². The van der Waals surface area contributed by atoms with Crippen LogP contribution in [0.5, 0.6) is 5.75 Å². The number of β-amino-alcohol motifs (C(OH)–C–C–N with tert-alkyl or cyclic N) is 1. The van der Waals surface area contributed by atoms with Crippen molar-refractivity contribution in [2.45, 2.75) is 24.9 Å². The van der Waals surface area contributed by atoms with E-state index >= 15 is 0 Å². The second-order valence-electron chi connectivity index (χ2n) is 9.17. The summed E-state index contributed by atoms with van der Waals surface area (Å²) in [6.45, 7) is 3.45. The first-order chi connectivity index (χ1) is 17.3. The Morgan fingerprint density at radius 3 is 2.75 bits per heavy atom. The minimum atomic E-state index is -0.553. The molecule has 0 spiro atoms. The first-order valence-electron chi connectivity index (χ1n) is 11.6. The zero-order chi connectivity index (χ0) is 25.4. The molecule has 36 heavy (non-hydrogen) atoms. The number of likely N-dealkylation sites (tertiary alicyclic amines) is 2. The topological polar surface area (TPSA) is 90.8 Å². The highest BCUT2D eigenvalue weighted by molar-refractivity contribution is 7.80. The molecule has 0 unspecified atom stereocenters. The van der Waals surface area contributed by atoms with Gasteiger partial charge in [-0.15, -0.1) is 0 Å². The predicted octanol–water partition coefficient (Wildman–Crippen LogP) is 3.20. The number of rotatable bonds is 5. The highest BCUT2D eigenvalue weighted by atomic mass is 32.1. The number of methoxy groups -OCH3 is 1. The summed E-state index contributed by atoms with van der Waals surface area (Å²) in [5.74, 6) is 0.138. The molecule has 0 radical (unpaired) electrons. The molecule has 2 aliphatic heterocycles. The lowest BCUT2D eigenvalue weighted by Gasteiger charge is -2.36. The normalized spacial score (nSPS) is 19.8. The predicted molar refractivity (Wildman–Crippen MR) is 139 cm³/mol. The van der Waals surface area contributed by atoms with Gasteiger partial charge >= 0.3 is 0 Å². The van der Waals surface area contributed by atoms with Crippen LogP contribution in [-0.4, -0.2) is 74.7 Å². The summed E-state index contributed by atoms with van der Waals surface area (Å²) in [5.41, 5.74) is 1.84. The molecular formula is C25H26FN5O3S2. The highest BCUT2D eigenvalue weighted by Gasteiger charge is 2.45. The molecule has 1 amide bonds. The Morgan fingerprint density at radius 1 is 1.28 bits per heavy atom. The van der Waals surface area contributed by atoms with Crippen LogP contribution in [0.25, 0.3) is 0 Å². The number of aliphatic hydroxyl groups excluding tert-OH is 1. The van der Waals surface area contributed by atoms with Crippen LogP contribution in [0, 0.1) is 12.7 Å². The molecule has 2 aromatic carbocycles. The molecule has 1 aromatic heterocycles. The first kappa shape index (κ1) is 24.5. The van der Waals surface area contributed by atoms with Crippen molar-refractivity contribution in [2.24, 2.45) is 0 Å². The smallest absolute Gasteiger partial charge is 0.256 e. The van der Waals surface area contributed by atoms with E-state index < -0.39 is 11.5 Å². The molecule has 3 aromatic rings. The molecule has 0 aliphatic carbocycles. The standard InChI is InChI=1S/C25H26FN5O3S2/c1-15-3-4-16(9-20(15)26)25(23-27-14-28-36-23)7-8-30(13-25)24(35)29-21-10-18(34-2)5-6-19(21)22(33)31-11-17(32)12-31/h3-6,9-10,14,17,32H,7-8,11-13H2,1-2H3,(H,29,35)/t25-/m1/s1. The number of carbonyl (C=O) groups is 1. The lowest BCUT2D eigenvalue weighted by Crippen LogP contribution is -2.53. The summed E-state index contributed by atoms with van der Waals surface area (Å²) in [4.78, 5) is 21.1. The molecule has 2 aliphatic rings. The zero-order valence-electron chi connectivity index (χ0n) is 19.9. The van der Waals surface area contributed by atoms with Crippen molar-refractivity contribution in [1.29, 1.82) is 0 Å². The third-order valence-electron chi connectivity index (χ3n) is 6.90. The number of hydrogen-bond donors (Lipinski definition) is 2. The van der Waals surface area contributed by atoms with Gasteiger partial charge in [0.2, 0.25) is 0 Å². The number of hydrogen-bond acceptors (Lipinski definition) is 7. The number of nitrogens with zero attached hydrogens (tertiary/aromatic N) is 4. The molecule has 11 heteroatoms. The number of aryl methyl sites for hydroxylation is 1. The Bertz CT molecular complexity index is 1300. The van der Waals surface area contributed by atoms with E-state index in [1.54, 1.807) is 49.3 Å². The quantitative estimate of drug-likeness (QED) is 0.489. The van der Waals surface area contributed by atoms with E-state index in [9.17, 15) is 14.3 Å². The van der Waals surface area contributed by atoms with Crippen LogP contribution in [0.1, 0.15) is 32.9 Å². The van der Waals surface area contributed by atoms with Gasteiger partial charge in [0.1, 0.15) is 22.9 Å². The van der Waals surface area contributed by atoms with Crippen molar-refractivity contribution in [3.05, 3.63) is 70.2 Å². The fraction of sp³-hybridized carbons (Fsp3) is 0.360. The summed E-state index contributed by atoms with van der Waals surface area (Å²) >= 11 is 7.08. The van der Waals surface area contributed by atoms with E-state index in [1.807, 2.05) is 11.0 Å². The van der Waals surface area contributed by atoms with Crippen molar-refractivity contribution in [3.63, 3.8) is 0 Å². The van der Waals surface area contributed by atoms with Crippen LogP contribution in [0.3, 0.4) is 0 Å². The van der Waals surface area contributed by atoms with E-state index in [-0.39, 0.29) is 11.7 Å². The van der Waals surface area contributed by atoms with E-state index in [0.29, 0.717) is 60.3 Å². The molecule has 2 fully saturated rings. The van der Waals surface area contributed by atoms with Gasteiger partial charge in [0.25, 0.3) is 5.91 Å². The van der Waals surface area contributed by atoms with Gasteiger partial charge < -0.3 is 25.0 Å². The average Bonchev–Trinajstić information content (AvgIpc) is 3.54. The molecule has 5 rings (SSSR count). The third kappa shape index (κ3) is 4.42. The maximum Gasteiger partial charge on any atom is 0.256 e. The van der Waals surface area contributed by atoms with Crippen molar-refractivity contribution in [3.8, 4) is 5.75 Å². The SMILES string of the molecule is COc1ccc(C(=O)N2CC(O)C2)c(NC(=S)N2CC[C@@](c3ccc(C)c(F)c3)(c3ncns3)C2)c1. The summed E-state index contributed by atoms with van der Waals surface area (Å²) in [6.07, 6.45) is 1.71. The van der Waals surface area contributed by atoms with Gasteiger partial charge in [-0.3, -0.25) is 4.79 Å². The summed E-state index contributed by atoms with van der Waals surface area (Å²) in [7, 11) is 1.56. The largest absolute Gasteiger partial charge is 0.497 e. The number of halogens is 1. The number of aromatic nitrogens is 2. The van der Waals surface area contributed by atoms with E-state index in [1.165, 1.54) is 17.9 Å². The van der Waals surface area contributed by atoms with Gasteiger partial charge in [0.05, 0.1) is 29.9 Å². The summed E-state index contributed by atoms with van der Waals surface area (Å²) < 4.78 is 24.1. The second-order valence-corrected chi connectivity index (χ2v) is 10.3. The maximum absolute atomic E-state index is 14.6. The first-order valence-corrected chi connectivity index (χ1v) is 12.7. The molecule has 188 valence electrons. The van der Waals surface area contributed by atoms with Crippen LogP contribution in [0.2, 0.25) is 0 Å². The van der Waals surface area contributed by atoms with Crippen molar-refractivity contribution >= 4 is 40.5 Å². The fourth-order valence-corrected chi connectivity index (χ4v) is 5.73. The Morgan fingerprint density at radius 2 is 2.08 bits per heavy atom. The Balaban J connectivity index is 1.41. The number of thiocarbonyl (C=S) groups is 1. The Kier molecular flexibility index (Phi) is 6.62. The Hall–Kier alpha value is -3.15. The number of amides is 1. The molecule has 8 nitrogen and oxygen atoms in total. The van der Waals surface area contributed by atoms with Crippen LogP contribution >= 0.6 is 23.8 Å². The minimum Gasteiger partial charge on any atom is -0.497 e. The number of aliphatic hydroxyl groups is 1. The lowest BCUT2D eigenvalue weighted by molar-refractivity contribution is 0.00596. The van der Waals surface area contributed by atoms with E-state index in [0.717, 1.165) is 10.6 Å². The summed E-state index contributed by atoms with van der Waals surface area (Å²) in [6, 6.07) is 10.5.